The van der Waals surface area contributed by atoms with Crippen LogP contribution < -0.4 is 15.9 Å². The van der Waals surface area contributed by atoms with Crippen LogP contribution in [-0.2, 0) is 19.6 Å². The number of aromatic nitrogens is 1. The number of primary amides is 1. The van der Waals surface area contributed by atoms with Gasteiger partial charge in [-0.3, -0.25) is 5.43 Å². The number of amides is 1. The number of halogens is 5. The molecule has 0 saturated heterocycles. The zero-order valence-electron chi connectivity index (χ0n) is 23.0. The summed E-state index contributed by atoms with van der Waals surface area (Å²) >= 11 is 12.6. The zero-order chi connectivity index (χ0) is 33.3. The van der Waals surface area contributed by atoms with Gasteiger partial charge in [-0.15, -0.1) is 0 Å². The van der Waals surface area contributed by atoms with Crippen LogP contribution in [0.2, 0.25) is 10.0 Å². The number of nitrogens with two attached hydrogens (primary N) is 1. The third kappa shape index (κ3) is 7.14. The summed E-state index contributed by atoms with van der Waals surface area (Å²) in [6.07, 6.45) is -5.20. The van der Waals surface area contributed by atoms with Crippen LogP contribution in [0.15, 0.2) is 70.8 Å². The molecular formula is C28H20Cl2F3N5O6S. The molecule has 17 heteroatoms. The molecule has 0 fully saturated rings. The van der Waals surface area contributed by atoms with Crippen molar-refractivity contribution in [3.05, 3.63) is 82.0 Å². The lowest BCUT2D eigenvalue weighted by atomic mass is 10.00. The van der Waals surface area contributed by atoms with E-state index in [4.69, 9.17) is 38.9 Å². The predicted molar refractivity (Wildman–Crippen MR) is 159 cm³/mol. The van der Waals surface area contributed by atoms with Crippen molar-refractivity contribution in [1.82, 2.24) is 3.97 Å². The van der Waals surface area contributed by atoms with Crippen molar-refractivity contribution in [1.29, 1.82) is 5.26 Å². The van der Waals surface area contributed by atoms with Gasteiger partial charge in [0.2, 0.25) is 5.71 Å². The number of carbonyl (C=O) groups is 2. The van der Waals surface area contributed by atoms with Gasteiger partial charge in [0, 0.05) is 11.6 Å². The Balaban J connectivity index is 1.73. The zero-order valence-corrected chi connectivity index (χ0v) is 25.3. The van der Waals surface area contributed by atoms with Gasteiger partial charge in [-0.05, 0) is 61.9 Å². The second-order valence-corrected chi connectivity index (χ2v) is 12.0. The monoisotopic (exact) mass is 681 g/mol. The first-order chi connectivity index (χ1) is 21.0. The van der Waals surface area contributed by atoms with Crippen molar-refractivity contribution in [2.24, 2.45) is 10.8 Å². The normalized spacial score (nSPS) is 12.8. The topological polar surface area (TPSA) is 166 Å². The molecule has 0 aliphatic heterocycles. The van der Waals surface area contributed by atoms with E-state index in [0.717, 1.165) is 22.7 Å². The maximum absolute atomic E-state index is 13.9. The third-order valence-electron chi connectivity index (χ3n) is 6.32. The van der Waals surface area contributed by atoms with E-state index in [1.807, 2.05) is 0 Å². The van der Waals surface area contributed by atoms with Gasteiger partial charge in [0.1, 0.15) is 11.8 Å². The van der Waals surface area contributed by atoms with Crippen molar-refractivity contribution >= 4 is 67.6 Å². The highest BCUT2D eigenvalue weighted by molar-refractivity contribution is 7.90. The molecule has 1 heterocycles. The molecular weight excluding hydrogens is 662 g/mol. The average Bonchev–Trinajstić information content (AvgIpc) is 3.34. The molecule has 1 aromatic heterocycles. The Morgan fingerprint density at radius 2 is 1.71 bits per heavy atom. The minimum Gasteiger partial charge on any atom is -0.454 e. The summed E-state index contributed by atoms with van der Waals surface area (Å²) in [5.41, 5.74) is 6.75. The van der Waals surface area contributed by atoms with Crippen LogP contribution >= 0.6 is 23.2 Å². The van der Waals surface area contributed by atoms with Gasteiger partial charge in [-0.25, -0.2) is 22.0 Å². The molecule has 0 aliphatic carbocycles. The molecule has 1 atom stereocenters. The number of anilines is 1. The van der Waals surface area contributed by atoms with Crippen LogP contribution in [-0.4, -0.2) is 36.3 Å². The first kappa shape index (κ1) is 33.1. The molecule has 1 unspecified atom stereocenters. The second kappa shape index (κ2) is 12.7. The Bertz CT molecular complexity index is 1980. The number of aryl methyl sites for hydroxylation is 1. The lowest BCUT2D eigenvalue weighted by Gasteiger charge is -2.15. The van der Waals surface area contributed by atoms with Gasteiger partial charge in [-0.2, -0.15) is 23.5 Å². The molecule has 11 nitrogen and oxygen atoms in total. The minimum atomic E-state index is -4.69. The van der Waals surface area contributed by atoms with Crippen LogP contribution in [0.4, 0.5) is 23.7 Å². The predicted octanol–water partition coefficient (Wildman–Crippen LogP) is 6.87. The number of hydrazone groups is 1. The van der Waals surface area contributed by atoms with E-state index in [1.165, 1.54) is 48.5 Å². The molecule has 4 rings (SSSR count). The fraction of sp³-hybridized carbons (Fsp3) is 0.143. The summed E-state index contributed by atoms with van der Waals surface area (Å²) in [5.74, 6) is -3.60. The lowest BCUT2D eigenvalue weighted by molar-refractivity contribution is -0.146. The fourth-order valence-corrected chi connectivity index (χ4v) is 5.97. The highest BCUT2D eigenvalue weighted by Crippen LogP contribution is 2.43. The molecule has 0 aliphatic rings. The number of benzene rings is 3. The average molecular weight is 682 g/mol. The van der Waals surface area contributed by atoms with E-state index < -0.39 is 39.9 Å². The Morgan fingerprint density at radius 3 is 2.27 bits per heavy atom. The number of fused-ring (bicyclic) bond motifs is 1. The van der Waals surface area contributed by atoms with Gasteiger partial charge in [0.15, 0.2) is 5.75 Å². The van der Waals surface area contributed by atoms with Crippen LogP contribution in [0, 0.1) is 18.3 Å². The summed E-state index contributed by atoms with van der Waals surface area (Å²) in [7, 11) is -4.28. The minimum absolute atomic E-state index is 0.0212. The molecule has 3 N–H and O–H groups in total. The number of nitrogens with zero attached hydrogens (tertiary/aromatic N) is 3. The number of rotatable bonds is 8. The molecule has 0 spiro atoms. The quantitative estimate of drug-likeness (QED) is 0.0880. The molecule has 45 heavy (non-hydrogen) atoms. The number of hydrogen-bond acceptors (Lipinski definition) is 9. The van der Waals surface area contributed by atoms with E-state index in [2.05, 4.69) is 15.3 Å². The Morgan fingerprint density at radius 1 is 1.09 bits per heavy atom. The molecule has 234 valence electrons. The summed E-state index contributed by atoms with van der Waals surface area (Å²) < 4.78 is 79.2. The number of carbonyl (C=O) groups excluding carboxylic acids is 2. The first-order valence-corrected chi connectivity index (χ1v) is 14.7. The van der Waals surface area contributed by atoms with E-state index in [0.29, 0.717) is 0 Å². The number of alkyl halides is 3. The summed E-state index contributed by atoms with van der Waals surface area (Å²) in [4.78, 5) is 22.3. The fourth-order valence-electron chi connectivity index (χ4n) is 4.03. The van der Waals surface area contributed by atoms with Crippen LogP contribution in [0.25, 0.3) is 10.9 Å². The number of esters is 1. The van der Waals surface area contributed by atoms with E-state index in [9.17, 15) is 31.2 Å². The second-order valence-electron chi connectivity index (χ2n) is 9.40. The van der Waals surface area contributed by atoms with Crippen molar-refractivity contribution in [2.75, 3.05) is 5.43 Å². The molecule has 0 saturated carbocycles. The van der Waals surface area contributed by atoms with Crippen molar-refractivity contribution in [2.45, 2.75) is 30.8 Å². The summed E-state index contributed by atoms with van der Waals surface area (Å²) in [6.45, 7) is 2.68. The number of nitriles is 1. The number of ether oxygens (including phenoxy) is 2. The number of nitrogens with one attached hydrogen (secondary N) is 1. The summed E-state index contributed by atoms with van der Waals surface area (Å²) in [6, 6.07) is 13.6. The molecule has 4 aromatic rings. The standard InChI is InChI=1S/C28H20Cl2F3N5O6S/c1-14-3-6-18(7-4-14)45(41,42)38-13-20(15(2)28(31,32)33)19-11-17(5-8-24(19)38)43-25-21(29)9-16(10-22(25)30)36-37-23(12-34)26(39)44-27(35)40/h3-11,13,15,36H,1-2H3,(H2,35,40). The van der Waals surface area contributed by atoms with Crippen LogP contribution in [0.1, 0.15) is 24.0 Å². The van der Waals surface area contributed by atoms with Crippen molar-refractivity contribution in [3.63, 3.8) is 0 Å². The van der Waals surface area contributed by atoms with Crippen LogP contribution in [0.5, 0.6) is 11.5 Å². The van der Waals surface area contributed by atoms with E-state index >= 15 is 0 Å². The molecule has 1 amide bonds. The van der Waals surface area contributed by atoms with Gasteiger partial charge in [0.05, 0.1) is 32.1 Å². The Hall–Kier alpha value is -4.78. The highest BCUT2D eigenvalue weighted by atomic mass is 35.5. The maximum atomic E-state index is 13.9. The highest BCUT2D eigenvalue weighted by Gasteiger charge is 2.39. The molecule has 3 aromatic carbocycles. The third-order valence-corrected chi connectivity index (χ3v) is 8.57. The Labute approximate surface area is 263 Å². The maximum Gasteiger partial charge on any atom is 0.412 e. The summed E-state index contributed by atoms with van der Waals surface area (Å²) in [5, 5.41) is 12.3. The van der Waals surface area contributed by atoms with Gasteiger partial charge < -0.3 is 15.2 Å². The van der Waals surface area contributed by atoms with Gasteiger partial charge in [-0.1, -0.05) is 40.9 Å². The molecule has 0 bridgehead atoms. The smallest absolute Gasteiger partial charge is 0.412 e. The van der Waals surface area contributed by atoms with Gasteiger partial charge >= 0.3 is 18.2 Å². The first-order valence-electron chi connectivity index (χ1n) is 12.5. The number of hydrogen-bond donors (Lipinski definition) is 2. The van der Waals surface area contributed by atoms with Crippen LogP contribution in [0.3, 0.4) is 0 Å². The van der Waals surface area contributed by atoms with Crippen molar-refractivity contribution < 1.29 is 40.7 Å². The lowest BCUT2D eigenvalue weighted by Crippen LogP contribution is -2.24. The largest absolute Gasteiger partial charge is 0.454 e. The van der Waals surface area contributed by atoms with Crippen molar-refractivity contribution in [3.8, 4) is 17.6 Å². The Kier molecular flexibility index (Phi) is 9.33. The van der Waals surface area contributed by atoms with E-state index in [1.54, 1.807) is 19.1 Å². The van der Waals surface area contributed by atoms with E-state index in [-0.39, 0.29) is 48.6 Å². The SMILES string of the molecule is Cc1ccc(S(=O)(=O)n2cc(C(C)C(F)(F)F)c3cc(Oc4c(Cl)cc(NN=C(C#N)C(=O)OC(N)=O)cc4Cl)ccc32)cc1. The molecule has 0 radical (unpaired) electrons. The van der Waals surface area contributed by atoms with Gasteiger partial charge in [0.25, 0.3) is 10.0 Å².